The van der Waals surface area contributed by atoms with Crippen LogP contribution in [0.25, 0.3) is 6.08 Å². The van der Waals surface area contributed by atoms with E-state index in [1.54, 1.807) is 0 Å². The fourth-order valence-electron chi connectivity index (χ4n) is 3.73. The Morgan fingerprint density at radius 3 is 2.36 bits per heavy atom. The number of hydrogen-bond donors (Lipinski definition) is 8. The zero-order chi connectivity index (χ0) is 26.6. The van der Waals surface area contributed by atoms with E-state index in [0.717, 1.165) is 6.08 Å². The lowest BCUT2D eigenvalue weighted by atomic mass is 9.97. The molecule has 10 atom stereocenters. The second kappa shape index (κ2) is 12.2. The Morgan fingerprint density at radius 2 is 1.69 bits per heavy atom. The van der Waals surface area contributed by atoms with Gasteiger partial charge in [-0.1, -0.05) is 6.07 Å². The van der Waals surface area contributed by atoms with Gasteiger partial charge in [-0.05, 0) is 23.8 Å². The molecule has 202 valence electrons. The normalized spacial score (nSPS) is 37.1. The van der Waals surface area contributed by atoms with Crippen LogP contribution < -0.4 is 4.74 Å². The molecule has 2 heterocycles. The molecule has 8 N–H and O–H groups in total. The molecule has 1 aromatic rings. The van der Waals surface area contributed by atoms with E-state index in [2.05, 4.69) is 0 Å². The molecular weight excluding hydrogens is 488 g/mol. The third-order valence-corrected chi connectivity index (χ3v) is 5.80. The molecule has 0 aromatic heterocycles. The van der Waals surface area contributed by atoms with E-state index in [4.69, 9.17) is 23.7 Å². The minimum Gasteiger partial charge on any atom is -0.504 e. The number of phenols is 1. The minimum atomic E-state index is -1.83. The number of rotatable bonds is 8. The van der Waals surface area contributed by atoms with Crippen molar-refractivity contribution in [3.8, 4) is 11.5 Å². The molecule has 3 rings (SSSR count). The Balaban J connectivity index is 1.62. The monoisotopic (exact) mass is 518 g/mol. The summed E-state index contributed by atoms with van der Waals surface area (Å²) in [5.74, 6) is -0.729. The van der Waals surface area contributed by atoms with Crippen LogP contribution in [0.3, 0.4) is 0 Å². The Labute approximate surface area is 205 Å². The van der Waals surface area contributed by atoms with Crippen LogP contribution in [0.1, 0.15) is 5.56 Å². The fourth-order valence-corrected chi connectivity index (χ4v) is 3.73. The van der Waals surface area contributed by atoms with Crippen molar-refractivity contribution in [1.29, 1.82) is 0 Å². The van der Waals surface area contributed by atoms with Crippen molar-refractivity contribution in [2.75, 3.05) is 20.3 Å². The number of esters is 1. The third-order valence-electron chi connectivity index (χ3n) is 5.80. The van der Waals surface area contributed by atoms with Gasteiger partial charge in [-0.3, -0.25) is 0 Å². The second-order valence-electron chi connectivity index (χ2n) is 8.24. The van der Waals surface area contributed by atoms with Crippen LogP contribution in [0.2, 0.25) is 0 Å². The van der Waals surface area contributed by atoms with Gasteiger partial charge in [0.15, 0.2) is 24.1 Å². The standard InChI is InChI=1S/C22H30O14/c1-32-11-6-9(2-4-10(11)24)3-5-14(25)33-8-13-15(26)16(27)19(30)22(35-13)36-20-12(7-23)34-21(31)18(29)17(20)28/h2-6,12-13,15-24,26-31H,7-8H2,1H3. The number of carbonyl (C=O) groups is 1. The van der Waals surface area contributed by atoms with Gasteiger partial charge in [-0.25, -0.2) is 4.79 Å². The highest BCUT2D eigenvalue weighted by molar-refractivity contribution is 5.87. The summed E-state index contributed by atoms with van der Waals surface area (Å²) < 4.78 is 25.9. The van der Waals surface area contributed by atoms with Crippen LogP contribution in [0.15, 0.2) is 24.3 Å². The summed E-state index contributed by atoms with van der Waals surface area (Å²) in [6.45, 7) is -1.30. The summed E-state index contributed by atoms with van der Waals surface area (Å²) >= 11 is 0. The summed E-state index contributed by atoms with van der Waals surface area (Å²) in [5, 5.41) is 79.4. The quantitative estimate of drug-likeness (QED) is 0.124. The molecule has 1 aromatic carbocycles. The maximum atomic E-state index is 12.1. The summed E-state index contributed by atoms with van der Waals surface area (Å²) in [7, 11) is 1.37. The van der Waals surface area contributed by atoms with Crippen molar-refractivity contribution in [1.82, 2.24) is 0 Å². The fraction of sp³-hybridized carbons (Fsp3) is 0.591. The zero-order valence-corrected chi connectivity index (χ0v) is 19.1. The number of carbonyl (C=O) groups excluding carboxylic acids is 1. The summed E-state index contributed by atoms with van der Waals surface area (Å²) in [4.78, 5) is 12.1. The lowest BCUT2D eigenvalue weighted by Gasteiger charge is -2.45. The smallest absolute Gasteiger partial charge is 0.330 e. The van der Waals surface area contributed by atoms with Gasteiger partial charge in [-0.2, -0.15) is 0 Å². The zero-order valence-electron chi connectivity index (χ0n) is 19.1. The van der Waals surface area contributed by atoms with Crippen molar-refractivity contribution in [2.45, 2.75) is 61.4 Å². The highest BCUT2D eigenvalue weighted by Crippen LogP contribution is 2.29. The molecule has 0 saturated carbocycles. The lowest BCUT2D eigenvalue weighted by Crippen LogP contribution is -2.64. The van der Waals surface area contributed by atoms with Gasteiger partial charge in [-0.15, -0.1) is 0 Å². The van der Waals surface area contributed by atoms with Crippen molar-refractivity contribution < 1.29 is 69.3 Å². The molecule has 14 nitrogen and oxygen atoms in total. The van der Waals surface area contributed by atoms with Crippen molar-refractivity contribution in [3.05, 3.63) is 29.8 Å². The number of methoxy groups -OCH3 is 1. The van der Waals surface area contributed by atoms with Gasteiger partial charge < -0.3 is 64.5 Å². The highest BCUT2D eigenvalue weighted by Gasteiger charge is 2.50. The average molecular weight is 518 g/mol. The van der Waals surface area contributed by atoms with Gasteiger partial charge in [0, 0.05) is 6.08 Å². The summed E-state index contributed by atoms with van der Waals surface area (Å²) in [6, 6.07) is 4.37. The number of phenolic OH excluding ortho intramolecular Hbond substituents is 1. The first-order valence-electron chi connectivity index (χ1n) is 10.9. The van der Waals surface area contributed by atoms with Gasteiger partial charge >= 0.3 is 5.97 Å². The van der Waals surface area contributed by atoms with Crippen molar-refractivity contribution in [2.24, 2.45) is 0 Å². The number of ether oxygens (including phenoxy) is 5. The van der Waals surface area contributed by atoms with Crippen LogP contribution >= 0.6 is 0 Å². The van der Waals surface area contributed by atoms with Crippen molar-refractivity contribution >= 4 is 12.0 Å². The molecule has 2 aliphatic rings. The predicted octanol–water partition coefficient (Wildman–Crippen LogP) is -3.42. The molecule has 2 fully saturated rings. The number of benzene rings is 1. The Bertz CT molecular complexity index is 907. The number of aliphatic hydroxyl groups excluding tert-OH is 7. The SMILES string of the molecule is COc1cc(C=CC(=O)OCC2OC(OC3C(CO)OC(O)C(O)C3O)C(O)C(O)C2O)ccc1O. The van der Waals surface area contributed by atoms with Gasteiger partial charge in [0.05, 0.1) is 13.7 Å². The van der Waals surface area contributed by atoms with E-state index >= 15 is 0 Å². The van der Waals surface area contributed by atoms with Gasteiger partial charge in [0.2, 0.25) is 0 Å². The van der Waals surface area contributed by atoms with Crippen LogP contribution in [-0.4, -0.2) is 129 Å². The van der Waals surface area contributed by atoms with E-state index in [-0.39, 0.29) is 11.5 Å². The summed E-state index contributed by atoms with van der Waals surface area (Å²) in [5.41, 5.74) is 0.515. The molecule has 0 aliphatic carbocycles. The molecule has 0 radical (unpaired) electrons. The minimum absolute atomic E-state index is 0.0820. The topological polar surface area (TPSA) is 225 Å². The van der Waals surface area contributed by atoms with Crippen LogP contribution in [-0.2, 0) is 23.7 Å². The maximum Gasteiger partial charge on any atom is 0.330 e. The van der Waals surface area contributed by atoms with Crippen LogP contribution in [0.5, 0.6) is 11.5 Å². The van der Waals surface area contributed by atoms with Gasteiger partial charge in [0.25, 0.3) is 0 Å². The molecule has 0 amide bonds. The van der Waals surface area contributed by atoms with Crippen molar-refractivity contribution in [3.63, 3.8) is 0 Å². The number of aliphatic hydroxyl groups is 7. The first-order valence-corrected chi connectivity index (χ1v) is 10.9. The molecule has 0 spiro atoms. The Hall–Kier alpha value is -2.37. The molecule has 2 saturated heterocycles. The Morgan fingerprint density at radius 1 is 0.972 bits per heavy atom. The maximum absolute atomic E-state index is 12.1. The molecule has 0 bridgehead atoms. The van der Waals surface area contributed by atoms with E-state index in [1.807, 2.05) is 0 Å². The van der Waals surface area contributed by atoms with Gasteiger partial charge in [0.1, 0.15) is 55.4 Å². The predicted molar refractivity (Wildman–Crippen MR) is 116 cm³/mol. The second-order valence-corrected chi connectivity index (χ2v) is 8.24. The average Bonchev–Trinajstić information content (AvgIpc) is 2.87. The number of aromatic hydroxyl groups is 1. The molecule has 14 heteroatoms. The number of hydrogen-bond acceptors (Lipinski definition) is 14. The highest BCUT2D eigenvalue weighted by atomic mass is 16.7. The first-order chi connectivity index (χ1) is 17.1. The third kappa shape index (κ3) is 6.30. The van der Waals surface area contributed by atoms with Crippen LogP contribution in [0.4, 0.5) is 0 Å². The summed E-state index contributed by atoms with van der Waals surface area (Å²) in [6.07, 6.45) is -14.1. The van der Waals surface area contributed by atoms with Crippen LogP contribution in [0, 0.1) is 0 Å². The van der Waals surface area contributed by atoms with E-state index in [9.17, 15) is 45.6 Å². The van der Waals surface area contributed by atoms with E-state index < -0.39 is 80.6 Å². The molecule has 36 heavy (non-hydrogen) atoms. The van der Waals surface area contributed by atoms with E-state index in [0.29, 0.717) is 5.56 Å². The van der Waals surface area contributed by atoms with E-state index in [1.165, 1.54) is 31.4 Å². The molecule has 10 unspecified atom stereocenters. The first kappa shape index (κ1) is 28.2. The Kier molecular flexibility index (Phi) is 9.59. The largest absolute Gasteiger partial charge is 0.504 e. The molecular formula is C22H30O14. The lowest BCUT2D eigenvalue weighted by molar-refractivity contribution is -0.355. The molecule has 2 aliphatic heterocycles.